The molecule has 1 aliphatic heterocycles. The van der Waals surface area contributed by atoms with E-state index in [2.05, 4.69) is 10.2 Å². The van der Waals surface area contributed by atoms with Crippen molar-refractivity contribution in [3.05, 3.63) is 82.7 Å². The van der Waals surface area contributed by atoms with E-state index in [1.54, 1.807) is 0 Å². The predicted molar refractivity (Wildman–Crippen MR) is 170 cm³/mol. The summed E-state index contributed by atoms with van der Waals surface area (Å²) in [6.07, 6.45) is 6.22. The van der Waals surface area contributed by atoms with Gasteiger partial charge >= 0.3 is 5.97 Å². The SMILES string of the molecule is Cc1nc(C)c([C@H](OC(C)(C)C)C(=O)O)c(N2CCC3(CCCC3)CC2)c1-c1ccc(C(=O)NCc2ccccc2)cc1. The van der Waals surface area contributed by atoms with Crippen LogP contribution < -0.4 is 10.2 Å². The minimum Gasteiger partial charge on any atom is -0.479 e. The van der Waals surface area contributed by atoms with Crippen molar-refractivity contribution in [1.82, 2.24) is 10.3 Å². The first-order chi connectivity index (χ1) is 20.5. The summed E-state index contributed by atoms with van der Waals surface area (Å²) in [5, 5.41) is 13.4. The van der Waals surface area contributed by atoms with Crippen molar-refractivity contribution in [3.63, 3.8) is 0 Å². The van der Waals surface area contributed by atoms with Crippen LogP contribution in [0.25, 0.3) is 11.1 Å². The summed E-state index contributed by atoms with van der Waals surface area (Å²) in [5.41, 5.74) is 6.19. The highest BCUT2D eigenvalue weighted by atomic mass is 16.5. The predicted octanol–water partition coefficient (Wildman–Crippen LogP) is 7.40. The van der Waals surface area contributed by atoms with E-state index in [-0.39, 0.29) is 5.91 Å². The lowest BCUT2D eigenvalue weighted by Gasteiger charge is -2.42. The average molecular weight is 584 g/mol. The number of anilines is 1. The van der Waals surface area contributed by atoms with Crippen LogP contribution in [0.1, 0.15) is 98.3 Å². The summed E-state index contributed by atoms with van der Waals surface area (Å²) in [4.78, 5) is 33.0. The number of carboxylic acids is 1. The van der Waals surface area contributed by atoms with Crippen LogP contribution in [0.2, 0.25) is 0 Å². The van der Waals surface area contributed by atoms with Crippen molar-refractivity contribution < 1.29 is 19.4 Å². The van der Waals surface area contributed by atoms with Crippen LogP contribution in [0.4, 0.5) is 5.69 Å². The number of carboxylic acid groups (broad SMARTS) is 1. The molecule has 1 atom stereocenters. The Labute approximate surface area is 255 Å². The Morgan fingerprint density at radius 2 is 1.58 bits per heavy atom. The molecule has 5 rings (SSSR count). The van der Waals surface area contributed by atoms with Crippen LogP contribution in [0.3, 0.4) is 0 Å². The van der Waals surface area contributed by atoms with Gasteiger partial charge in [-0.15, -0.1) is 0 Å². The number of piperidine rings is 1. The molecule has 2 aliphatic rings. The Morgan fingerprint density at radius 1 is 0.953 bits per heavy atom. The van der Waals surface area contributed by atoms with Gasteiger partial charge in [-0.1, -0.05) is 55.3 Å². The molecule has 1 spiro atoms. The first kappa shape index (κ1) is 30.7. The number of hydrogen-bond donors (Lipinski definition) is 2. The fraction of sp³-hybridized carbons (Fsp3) is 0.472. The molecule has 43 heavy (non-hydrogen) atoms. The number of ether oxygens (including phenoxy) is 1. The Kier molecular flexibility index (Phi) is 8.93. The Morgan fingerprint density at radius 3 is 2.16 bits per heavy atom. The lowest BCUT2D eigenvalue weighted by atomic mass is 9.76. The molecule has 1 amide bonds. The van der Waals surface area contributed by atoms with Crippen LogP contribution in [0.15, 0.2) is 54.6 Å². The number of carbonyl (C=O) groups excluding carboxylic acids is 1. The van der Waals surface area contributed by atoms with Crippen molar-refractivity contribution in [2.45, 2.75) is 91.4 Å². The Hall–Kier alpha value is -3.71. The Bertz CT molecular complexity index is 1440. The largest absolute Gasteiger partial charge is 0.479 e. The lowest BCUT2D eigenvalue weighted by molar-refractivity contribution is -0.160. The molecule has 228 valence electrons. The summed E-state index contributed by atoms with van der Waals surface area (Å²) < 4.78 is 6.22. The number of nitrogens with zero attached hydrogens (tertiary/aromatic N) is 2. The van der Waals surface area contributed by atoms with Gasteiger partial charge in [-0.2, -0.15) is 0 Å². The number of benzene rings is 2. The van der Waals surface area contributed by atoms with E-state index in [0.29, 0.717) is 28.8 Å². The van der Waals surface area contributed by atoms with Gasteiger partial charge in [0.2, 0.25) is 0 Å². The second kappa shape index (κ2) is 12.5. The van der Waals surface area contributed by atoms with Gasteiger partial charge in [0.05, 0.1) is 11.3 Å². The molecule has 1 aromatic heterocycles. The molecule has 1 aliphatic carbocycles. The Balaban J connectivity index is 1.53. The van der Waals surface area contributed by atoms with Gasteiger partial charge in [0.1, 0.15) is 0 Å². The van der Waals surface area contributed by atoms with E-state index in [4.69, 9.17) is 9.72 Å². The van der Waals surface area contributed by atoms with Crippen LogP contribution in [0, 0.1) is 19.3 Å². The van der Waals surface area contributed by atoms with Crippen molar-refractivity contribution in [3.8, 4) is 11.1 Å². The zero-order valence-corrected chi connectivity index (χ0v) is 26.2. The van der Waals surface area contributed by atoms with Crippen molar-refractivity contribution >= 4 is 17.6 Å². The molecular weight excluding hydrogens is 538 g/mol. The second-order valence-corrected chi connectivity index (χ2v) is 13.3. The molecule has 0 bridgehead atoms. The van der Waals surface area contributed by atoms with Gasteiger partial charge in [0.25, 0.3) is 5.91 Å². The normalized spacial score (nSPS) is 17.2. The van der Waals surface area contributed by atoms with E-state index < -0.39 is 17.7 Å². The maximum atomic E-state index is 13.0. The molecule has 0 radical (unpaired) electrons. The number of carbonyl (C=O) groups is 2. The number of amides is 1. The quantitative estimate of drug-likeness (QED) is 0.287. The van der Waals surface area contributed by atoms with Gasteiger partial charge in [-0.25, -0.2) is 4.79 Å². The number of aryl methyl sites for hydroxylation is 2. The van der Waals surface area contributed by atoms with E-state index >= 15 is 0 Å². The van der Waals surface area contributed by atoms with Crippen molar-refractivity contribution in [2.24, 2.45) is 5.41 Å². The summed E-state index contributed by atoms with van der Waals surface area (Å²) in [7, 11) is 0. The van der Waals surface area contributed by atoms with Gasteiger partial charge in [0, 0.05) is 47.7 Å². The summed E-state index contributed by atoms with van der Waals surface area (Å²) in [6, 6.07) is 17.4. The molecule has 2 N–H and O–H groups in total. The zero-order chi connectivity index (χ0) is 30.8. The molecule has 3 aromatic rings. The maximum absolute atomic E-state index is 13.0. The zero-order valence-electron chi connectivity index (χ0n) is 26.2. The van der Waals surface area contributed by atoms with Crippen molar-refractivity contribution in [2.75, 3.05) is 18.0 Å². The first-order valence-corrected chi connectivity index (χ1v) is 15.6. The monoisotopic (exact) mass is 583 g/mol. The topological polar surface area (TPSA) is 91.8 Å². The molecule has 2 aromatic carbocycles. The maximum Gasteiger partial charge on any atom is 0.337 e. The number of aromatic nitrogens is 1. The van der Waals surface area contributed by atoms with E-state index in [1.807, 2.05) is 89.2 Å². The molecule has 7 nitrogen and oxygen atoms in total. The smallest absolute Gasteiger partial charge is 0.337 e. The lowest BCUT2D eigenvalue weighted by Crippen LogP contribution is -2.40. The molecule has 7 heteroatoms. The van der Waals surface area contributed by atoms with Crippen molar-refractivity contribution in [1.29, 1.82) is 0 Å². The molecule has 1 saturated carbocycles. The minimum absolute atomic E-state index is 0.141. The second-order valence-electron chi connectivity index (χ2n) is 13.3. The highest BCUT2D eigenvalue weighted by Crippen LogP contribution is 2.49. The third kappa shape index (κ3) is 6.93. The standard InChI is InChI=1S/C36H45N3O4/c1-24-29(27-13-15-28(16-14-27)33(40)37-23-26-11-7-6-8-12-26)31(39-21-19-36(20-22-39)17-9-10-18-36)30(25(2)38-24)32(34(41)42)43-35(3,4)5/h6-8,11-16,32H,9-10,17-23H2,1-5H3,(H,37,40)(H,41,42)/t32-/m0/s1. The molecule has 2 fully saturated rings. The van der Waals surface area contributed by atoms with Crippen LogP contribution in [-0.2, 0) is 16.1 Å². The third-order valence-electron chi connectivity index (χ3n) is 9.07. The minimum atomic E-state index is -1.16. The number of pyridine rings is 1. The molecular formula is C36H45N3O4. The summed E-state index contributed by atoms with van der Waals surface area (Å²) in [6.45, 7) is 11.7. The highest BCUT2D eigenvalue weighted by molar-refractivity contribution is 5.95. The van der Waals surface area contributed by atoms with Gasteiger partial charge in [-0.05, 0) is 89.0 Å². The molecule has 0 unspecified atom stereocenters. The summed E-state index contributed by atoms with van der Waals surface area (Å²) in [5.74, 6) is -1.16. The molecule has 1 saturated heterocycles. The van der Waals surface area contributed by atoms with Crippen LogP contribution in [0.5, 0.6) is 0 Å². The fourth-order valence-electron chi connectivity index (χ4n) is 6.92. The number of nitrogens with one attached hydrogen (secondary N) is 1. The average Bonchev–Trinajstić information content (AvgIpc) is 3.43. The van der Waals surface area contributed by atoms with E-state index in [1.165, 1.54) is 25.7 Å². The summed E-state index contributed by atoms with van der Waals surface area (Å²) >= 11 is 0. The third-order valence-corrected chi connectivity index (χ3v) is 9.07. The first-order valence-electron chi connectivity index (χ1n) is 15.6. The number of rotatable bonds is 8. The number of hydrogen-bond acceptors (Lipinski definition) is 5. The highest BCUT2D eigenvalue weighted by Gasteiger charge is 2.40. The van der Waals surface area contributed by atoms with E-state index in [0.717, 1.165) is 54.0 Å². The van der Waals surface area contributed by atoms with Crippen LogP contribution >= 0.6 is 0 Å². The fourth-order valence-corrected chi connectivity index (χ4v) is 6.92. The van der Waals surface area contributed by atoms with Crippen LogP contribution in [-0.4, -0.2) is 40.7 Å². The van der Waals surface area contributed by atoms with E-state index in [9.17, 15) is 14.7 Å². The number of aliphatic carboxylic acids is 1. The van der Waals surface area contributed by atoms with Gasteiger partial charge in [-0.3, -0.25) is 9.78 Å². The van der Waals surface area contributed by atoms with Gasteiger partial charge in [0.15, 0.2) is 6.10 Å². The molecule has 2 heterocycles. The van der Waals surface area contributed by atoms with Gasteiger partial charge < -0.3 is 20.1 Å².